The van der Waals surface area contributed by atoms with Gasteiger partial charge in [-0.25, -0.2) is 17.8 Å². The average Bonchev–Trinajstić information content (AvgIpc) is 2.84. The Hall–Kier alpha value is -1.02. The van der Waals surface area contributed by atoms with Crippen molar-refractivity contribution in [3.63, 3.8) is 0 Å². The van der Waals surface area contributed by atoms with Gasteiger partial charge in [-0.05, 0) is 24.6 Å². The highest BCUT2D eigenvalue weighted by atomic mass is 35.5. The van der Waals surface area contributed by atoms with E-state index in [2.05, 4.69) is 4.98 Å². The monoisotopic (exact) mass is 348 g/mol. The summed E-state index contributed by atoms with van der Waals surface area (Å²) in [6.07, 6.45) is 0. The van der Waals surface area contributed by atoms with Gasteiger partial charge in [0.05, 0.1) is 17.2 Å². The third kappa shape index (κ3) is 3.60. The highest BCUT2D eigenvalue weighted by Crippen LogP contribution is 2.22. The number of rotatable bonds is 5. The van der Waals surface area contributed by atoms with E-state index >= 15 is 0 Å². The fourth-order valence-electron chi connectivity index (χ4n) is 1.79. The highest BCUT2D eigenvalue weighted by Gasteiger charge is 2.25. The van der Waals surface area contributed by atoms with Crippen LogP contribution in [0.4, 0.5) is 4.39 Å². The summed E-state index contributed by atoms with van der Waals surface area (Å²) in [5, 5.41) is 2.64. The summed E-state index contributed by atoms with van der Waals surface area (Å²) in [5.41, 5.74) is 1.19. The molecular weight excluding hydrogens is 335 g/mol. The van der Waals surface area contributed by atoms with Gasteiger partial charge in [0.2, 0.25) is 10.0 Å². The van der Waals surface area contributed by atoms with Crippen LogP contribution in [0.5, 0.6) is 0 Å². The van der Waals surface area contributed by atoms with Gasteiger partial charge in [-0.1, -0.05) is 6.07 Å². The molecule has 0 saturated heterocycles. The number of benzene rings is 1. The lowest BCUT2D eigenvalue weighted by atomic mass is 10.2. The topological polar surface area (TPSA) is 50.3 Å². The van der Waals surface area contributed by atoms with E-state index in [4.69, 9.17) is 11.6 Å². The van der Waals surface area contributed by atoms with Crippen molar-refractivity contribution in [1.29, 1.82) is 0 Å². The molecule has 0 aliphatic heterocycles. The van der Waals surface area contributed by atoms with E-state index in [0.29, 0.717) is 11.3 Å². The standard InChI is InChI=1S/C13H14ClFN2O2S2/c1-9-16-11(8-20-9)7-17(2)21(18,19)13-5-10(6-14)3-4-12(13)15/h3-5,8H,6-7H2,1-2H3. The van der Waals surface area contributed by atoms with Crippen LogP contribution in [0.3, 0.4) is 0 Å². The van der Waals surface area contributed by atoms with Gasteiger partial charge >= 0.3 is 0 Å². The fourth-order valence-corrected chi connectivity index (χ4v) is 3.81. The van der Waals surface area contributed by atoms with Crippen molar-refractivity contribution in [3.05, 3.63) is 45.7 Å². The smallest absolute Gasteiger partial charge is 0.245 e. The van der Waals surface area contributed by atoms with Gasteiger partial charge < -0.3 is 0 Å². The van der Waals surface area contributed by atoms with Crippen LogP contribution in [0.15, 0.2) is 28.5 Å². The molecule has 1 aromatic carbocycles. The van der Waals surface area contributed by atoms with Gasteiger partial charge in [0.25, 0.3) is 0 Å². The number of aromatic nitrogens is 1. The summed E-state index contributed by atoms with van der Waals surface area (Å²) in [5.74, 6) is -0.664. The SMILES string of the molecule is Cc1nc(CN(C)S(=O)(=O)c2cc(CCl)ccc2F)cs1. The van der Waals surface area contributed by atoms with E-state index in [1.807, 2.05) is 6.92 Å². The van der Waals surface area contributed by atoms with Crippen molar-refractivity contribution >= 4 is 33.0 Å². The second-order valence-electron chi connectivity index (χ2n) is 4.52. The molecule has 1 aromatic heterocycles. The molecule has 0 fully saturated rings. The first-order valence-corrected chi connectivity index (χ1v) is 8.91. The van der Waals surface area contributed by atoms with E-state index < -0.39 is 15.8 Å². The highest BCUT2D eigenvalue weighted by molar-refractivity contribution is 7.89. The van der Waals surface area contributed by atoms with Crippen molar-refractivity contribution in [2.45, 2.75) is 24.2 Å². The zero-order valence-electron chi connectivity index (χ0n) is 11.5. The van der Waals surface area contributed by atoms with Crippen LogP contribution in [0.1, 0.15) is 16.3 Å². The molecule has 0 radical (unpaired) electrons. The maximum absolute atomic E-state index is 13.8. The maximum Gasteiger partial charge on any atom is 0.246 e. The largest absolute Gasteiger partial charge is 0.246 e. The van der Waals surface area contributed by atoms with E-state index in [0.717, 1.165) is 15.4 Å². The summed E-state index contributed by atoms with van der Waals surface area (Å²) in [6, 6.07) is 3.84. The Morgan fingerprint density at radius 3 is 2.71 bits per heavy atom. The second-order valence-corrected chi connectivity index (χ2v) is 7.86. The van der Waals surface area contributed by atoms with Crippen LogP contribution >= 0.6 is 22.9 Å². The molecule has 2 rings (SSSR count). The second kappa shape index (κ2) is 6.39. The minimum atomic E-state index is -3.93. The van der Waals surface area contributed by atoms with Crippen LogP contribution in [-0.4, -0.2) is 24.8 Å². The minimum absolute atomic E-state index is 0.0945. The van der Waals surface area contributed by atoms with Crippen LogP contribution in [-0.2, 0) is 22.4 Å². The molecule has 114 valence electrons. The summed E-state index contributed by atoms with van der Waals surface area (Å²) in [7, 11) is -2.53. The first kappa shape index (κ1) is 16.4. The number of hydrogen-bond acceptors (Lipinski definition) is 4. The number of sulfonamides is 1. The first-order chi connectivity index (χ1) is 9.84. The van der Waals surface area contributed by atoms with Gasteiger partial charge in [-0.15, -0.1) is 22.9 Å². The molecule has 21 heavy (non-hydrogen) atoms. The number of thiazole rings is 1. The lowest BCUT2D eigenvalue weighted by Crippen LogP contribution is -2.27. The van der Waals surface area contributed by atoms with Crippen LogP contribution in [0.2, 0.25) is 0 Å². The molecule has 0 spiro atoms. The number of nitrogens with zero attached hydrogens (tertiary/aromatic N) is 2. The van der Waals surface area contributed by atoms with Gasteiger partial charge in [0.1, 0.15) is 10.7 Å². The third-order valence-electron chi connectivity index (χ3n) is 2.89. The summed E-state index contributed by atoms with van der Waals surface area (Å²) >= 11 is 7.11. The molecule has 4 nitrogen and oxygen atoms in total. The van der Waals surface area contributed by atoms with Crippen molar-refractivity contribution in [1.82, 2.24) is 9.29 Å². The number of aryl methyl sites for hydroxylation is 1. The lowest BCUT2D eigenvalue weighted by molar-refractivity contribution is 0.456. The van der Waals surface area contributed by atoms with Crippen LogP contribution in [0, 0.1) is 12.7 Å². The molecule has 8 heteroatoms. The number of hydrogen-bond donors (Lipinski definition) is 0. The zero-order valence-corrected chi connectivity index (χ0v) is 13.9. The summed E-state index contributed by atoms with van der Waals surface area (Å²) in [6.45, 7) is 1.93. The van der Waals surface area contributed by atoms with Crippen molar-refractivity contribution in [2.75, 3.05) is 7.05 Å². The van der Waals surface area contributed by atoms with Crippen molar-refractivity contribution < 1.29 is 12.8 Å². The molecule has 1 heterocycles. The minimum Gasteiger partial charge on any atom is -0.245 e. The molecule has 0 amide bonds. The van der Waals surface area contributed by atoms with Gasteiger partial charge in [0.15, 0.2) is 0 Å². The molecular formula is C13H14ClFN2O2S2. The Morgan fingerprint density at radius 1 is 1.43 bits per heavy atom. The molecule has 0 aliphatic rings. The predicted molar refractivity (Wildman–Crippen MR) is 81.5 cm³/mol. The molecule has 0 atom stereocenters. The number of alkyl halides is 1. The molecule has 2 aromatic rings. The van der Waals surface area contributed by atoms with Gasteiger partial charge in [0, 0.05) is 18.3 Å². The van der Waals surface area contributed by atoms with Gasteiger partial charge in [-0.2, -0.15) is 4.31 Å². The van der Waals surface area contributed by atoms with E-state index in [-0.39, 0.29) is 17.3 Å². The van der Waals surface area contributed by atoms with E-state index in [9.17, 15) is 12.8 Å². The third-order valence-corrected chi connectivity index (χ3v) is 5.84. The normalized spacial score (nSPS) is 12.0. The van der Waals surface area contributed by atoms with Crippen LogP contribution < -0.4 is 0 Å². The predicted octanol–water partition coefficient (Wildman–Crippen LogP) is 3.15. The zero-order chi connectivity index (χ0) is 15.6. The van der Waals surface area contributed by atoms with Crippen LogP contribution in [0.25, 0.3) is 0 Å². The quantitative estimate of drug-likeness (QED) is 0.780. The Kier molecular flexibility index (Phi) is 4.98. The van der Waals surface area contributed by atoms with E-state index in [1.54, 1.807) is 5.38 Å². The Morgan fingerprint density at radius 2 is 2.14 bits per heavy atom. The first-order valence-electron chi connectivity index (χ1n) is 6.06. The Balaban J connectivity index is 2.32. The van der Waals surface area contributed by atoms with Crippen molar-refractivity contribution in [2.24, 2.45) is 0 Å². The molecule has 0 N–H and O–H groups in total. The average molecular weight is 349 g/mol. The van der Waals surface area contributed by atoms with Crippen molar-refractivity contribution in [3.8, 4) is 0 Å². The molecule has 0 unspecified atom stereocenters. The maximum atomic E-state index is 13.8. The lowest BCUT2D eigenvalue weighted by Gasteiger charge is -2.17. The Bertz CT molecular complexity index is 746. The molecule has 0 aliphatic carbocycles. The summed E-state index contributed by atoms with van der Waals surface area (Å²) in [4.78, 5) is 3.85. The fraction of sp³-hybridized carbons (Fsp3) is 0.308. The summed E-state index contributed by atoms with van der Waals surface area (Å²) < 4.78 is 39.8. The molecule has 0 saturated carbocycles. The number of halogens is 2. The van der Waals surface area contributed by atoms with E-state index in [1.165, 1.54) is 30.5 Å². The molecule has 0 bridgehead atoms. The van der Waals surface area contributed by atoms with Gasteiger partial charge in [-0.3, -0.25) is 0 Å². The Labute approximate surface area is 132 Å².